The van der Waals surface area contributed by atoms with E-state index in [9.17, 15) is 5.11 Å². The Kier molecular flexibility index (Phi) is 5.39. The number of hydrogen-bond donors (Lipinski definition) is 1. The molecule has 21 heavy (non-hydrogen) atoms. The molecule has 114 valence electrons. The monoisotopic (exact) mass is 288 g/mol. The van der Waals surface area contributed by atoms with Crippen LogP contribution in [0.15, 0.2) is 36.5 Å². The lowest BCUT2D eigenvalue weighted by Crippen LogP contribution is -2.06. The van der Waals surface area contributed by atoms with Crippen LogP contribution in [0.3, 0.4) is 0 Å². The van der Waals surface area contributed by atoms with Crippen molar-refractivity contribution in [2.45, 2.75) is 45.8 Å². The molecule has 1 atom stereocenters. The molecule has 1 N–H and O–H groups in total. The lowest BCUT2D eigenvalue weighted by Gasteiger charge is -2.12. The predicted molar refractivity (Wildman–Crippen MR) is 83.5 cm³/mol. The van der Waals surface area contributed by atoms with Gasteiger partial charge in [0.1, 0.15) is 5.75 Å². The maximum Gasteiger partial charge on any atom is 0.119 e. The highest BCUT2D eigenvalue weighted by molar-refractivity contribution is 5.30. The van der Waals surface area contributed by atoms with Gasteiger partial charge in [-0.05, 0) is 44.0 Å². The Balaban J connectivity index is 2.03. The first-order valence-electron chi connectivity index (χ1n) is 7.55. The fraction of sp³-hybridized carbons (Fsp3) is 0.471. The molecule has 0 saturated heterocycles. The van der Waals surface area contributed by atoms with E-state index in [0.717, 1.165) is 23.4 Å². The van der Waals surface area contributed by atoms with Crippen molar-refractivity contribution < 1.29 is 9.84 Å². The molecule has 1 aromatic carbocycles. The minimum absolute atomic E-state index is 0.335. The van der Waals surface area contributed by atoms with E-state index in [-0.39, 0.29) is 0 Å². The van der Waals surface area contributed by atoms with E-state index in [4.69, 9.17) is 4.74 Å². The molecule has 0 saturated carbocycles. The van der Waals surface area contributed by atoms with E-state index in [0.29, 0.717) is 19.1 Å². The van der Waals surface area contributed by atoms with Crippen LogP contribution in [0.4, 0.5) is 0 Å². The minimum Gasteiger partial charge on any atom is -0.494 e. The zero-order valence-electron chi connectivity index (χ0n) is 13.0. The van der Waals surface area contributed by atoms with Gasteiger partial charge in [0.25, 0.3) is 0 Å². The molecule has 4 heteroatoms. The molecule has 1 aromatic heterocycles. The normalized spacial score (nSPS) is 12.6. The molecular formula is C17H24N2O2. The number of ether oxygens (including phenoxy) is 1. The summed E-state index contributed by atoms with van der Waals surface area (Å²) in [6, 6.07) is 9.94. The Morgan fingerprint density at radius 2 is 2.10 bits per heavy atom. The molecule has 0 radical (unpaired) electrons. The smallest absolute Gasteiger partial charge is 0.119 e. The van der Waals surface area contributed by atoms with Gasteiger partial charge in [0.15, 0.2) is 0 Å². The van der Waals surface area contributed by atoms with Crippen LogP contribution in [0.25, 0.3) is 0 Å². The minimum atomic E-state index is -0.564. The van der Waals surface area contributed by atoms with Gasteiger partial charge >= 0.3 is 0 Å². The van der Waals surface area contributed by atoms with Crippen molar-refractivity contribution in [3.8, 4) is 5.75 Å². The fourth-order valence-corrected chi connectivity index (χ4v) is 2.12. The number of nitrogens with zero attached hydrogens (tertiary/aromatic N) is 2. The Hall–Kier alpha value is -1.81. The molecule has 0 aliphatic carbocycles. The zero-order chi connectivity index (χ0) is 15.2. The van der Waals surface area contributed by atoms with E-state index in [1.54, 1.807) is 0 Å². The van der Waals surface area contributed by atoms with E-state index in [2.05, 4.69) is 25.9 Å². The highest BCUT2D eigenvalue weighted by Gasteiger charge is 2.12. The molecule has 0 amide bonds. The maximum atomic E-state index is 10.4. The second-order valence-corrected chi connectivity index (χ2v) is 5.52. The van der Waals surface area contributed by atoms with Crippen molar-refractivity contribution >= 4 is 0 Å². The van der Waals surface area contributed by atoms with Crippen LogP contribution >= 0.6 is 0 Å². The largest absolute Gasteiger partial charge is 0.494 e. The van der Waals surface area contributed by atoms with Gasteiger partial charge in [0.2, 0.25) is 0 Å². The second-order valence-electron chi connectivity index (χ2n) is 5.52. The summed E-state index contributed by atoms with van der Waals surface area (Å²) in [7, 11) is 0. The standard InChI is InChI=1S/C17H24N2O2/c1-4-10-21-16-7-5-6-14(11-16)17(20)12-15-8-9-19(18-15)13(2)3/h5-9,11,13,17,20H,4,10,12H2,1-3H3. The average molecular weight is 288 g/mol. The van der Waals surface area contributed by atoms with Gasteiger partial charge in [-0.3, -0.25) is 4.68 Å². The number of rotatable bonds is 7. The molecule has 0 aliphatic rings. The Morgan fingerprint density at radius 1 is 1.29 bits per heavy atom. The predicted octanol–water partition coefficient (Wildman–Crippen LogP) is 3.53. The van der Waals surface area contributed by atoms with Crippen LogP contribution in [-0.4, -0.2) is 21.5 Å². The van der Waals surface area contributed by atoms with Gasteiger partial charge in [0.05, 0.1) is 18.4 Å². The number of aliphatic hydroxyl groups is 1. The summed E-state index contributed by atoms with van der Waals surface area (Å²) in [5.74, 6) is 0.807. The SMILES string of the molecule is CCCOc1cccc(C(O)Cc2ccn(C(C)C)n2)c1. The van der Waals surface area contributed by atoms with E-state index < -0.39 is 6.10 Å². The summed E-state index contributed by atoms with van der Waals surface area (Å²) < 4.78 is 7.51. The van der Waals surface area contributed by atoms with Crippen LogP contribution in [0.5, 0.6) is 5.75 Å². The van der Waals surface area contributed by atoms with E-state index >= 15 is 0 Å². The van der Waals surface area contributed by atoms with Crippen LogP contribution in [-0.2, 0) is 6.42 Å². The van der Waals surface area contributed by atoms with Crippen molar-refractivity contribution in [3.05, 3.63) is 47.8 Å². The highest BCUT2D eigenvalue weighted by Crippen LogP contribution is 2.22. The summed E-state index contributed by atoms with van der Waals surface area (Å²) in [4.78, 5) is 0. The molecule has 0 bridgehead atoms. The summed E-state index contributed by atoms with van der Waals surface area (Å²) in [6.45, 7) is 6.94. The van der Waals surface area contributed by atoms with Crippen molar-refractivity contribution in [1.82, 2.24) is 9.78 Å². The summed E-state index contributed by atoms with van der Waals surface area (Å²) in [5, 5.41) is 14.8. The topological polar surface area (TPSA) is 47.3 Å². The molecule has 2 rings (SSSR count). The quantitative estimate of drug-likeness (QED) is 0.848. The van der Waals surface area contributed by atoms with Crippen LogP contribution in [0.2, 0.25) is 0 Å². The van der Waals surface area contributed by atoms with Crippen molar-refractivity contribution in [1.29, 1.82) is 0 Å². The Labute approximate surface area is 126 Å². The average Bonchev–Trinajstić information content (AvgIpc) is 2.94. The van der Waals surface area contributed by atoms with Crippen LogP contribution in [0.1, 0.15) is 50.6 Å². The van der Waals surface area contributed by atoms with Gasteiger partial charge in [-0.1, -0.05) is 19.1 Å². The van der Waals surface area contributed by atoms with E-state index in [1.807, 2.05) is 41.2 Å². The van der Waals surface area contributed by atoms with Crippen LogP contribution < -0.4 is 4.74 Å². The molecule has 0 fully saturated rings. The first-order chi connectivity index (χ1) is 10.1. The van der Waals surface area contributed by atoms with Gasteiger partial charge in [-0.2, -0.15) is 5.10 Å². The molecular weight excluding hydrogens is 264 g/mol. The summed E-state index contributed by atoms with van der Waals surface area (Å²) in [6.07, 6.45) is 2.87. The molecule has 0 aliphatic heterocycles. The number of aromatic nitrogens is 2. The summed E-state index contributed by atoms with van der Waals surface area (Å²) in [5.41, 5.74) is 1.76. The number of hydrogen-bond acceptors (Lipinski definition) is 3. The molecule has 4 nitrogen and oxygen atoms in total. The van der Waals surface area contributed by atoms with Gasteiger partial charge in [-0.15, -0.1) is 0 Å². The van der Waals surface area contributed by atoms with Gasteiger partial charge < -0.3 is 9.84 Å². The maximum absolute atomic E-state index is 10.4. The van der Waals surface area contributed by atoms with Crippen molar-refractivity contribution in [2.24, 2.45) is 0 Å². The molecule has 1 heterocycles. The summed E-state index contributed by atoms with van der Waals surface area (Å²) >= 11 is 0. The van der Waals surface area contributed by atoms with Crippen LogP contribution in [0, 0.1) is 0 Å². The second kappa shape index (κ2) is 7.27. The van der Waals surface area contributed by atoms with Gasteiger partial charge in [0, 0.05) is 18.7 Å². The first-order valence-corrected chi connectivity index (χ1v) is 7.55. The molecule has 0 spiro atoms. The Morgan fingerprint density at radius 3 is 2.76 bits per heavy atom. The Bertz CT molecular complexity index is 563. The molecule has 1 unspecified atom stereocenters. The third-order valence-corrected chi connectivity index (χ3v) is 3.31. The zero-order valence-corrected chi connectivity index (χ0v) is 13.0. The lowest BCUT2D eigenvalue weighted by atomic mass is 10.0. The third kappa shape index (κ3) is 4.33. The van der Waals surface area contributed by atoms with Gasteiger partial charge in [-0.25, -0.2) is 0 Å². The van der Waals surface area contributed by atoms with E-state index in [1.165, 1.54) is 0 Å². The third-order valence-electron chi connectivity index (χ3n) is 3.31. The van der Waals surface area contributed by atoms with Crippen molar-refractivity contribution in [3.63, 3.8) is 0 Å². The highest BCUT2D eigenvalue weighted by atomic mass is 16.5. The lowest BCUT2D eigenvalue weighted by molar-refractivity contribution is 0.176. The number of aliphatic hydroxyl groups excluding tert-OH is 1. The number of benzene rings is 1. The fourth-order valence-electron chi connectivity index (χ4n) is 2.12. The molecule has 2 aromatic rings. The van der Waals surface area contributed by atoms with Crippen molar-refractivity contribution in [2.75, 3.05) is 6.61 Å². The first kappa shape index (κ1) is 15.6.